The monoisotopic (exact) mass is 181 g/mol. The van der Waals surface area contributed by atoms with Gasteiger partial charge in [0, 0.05) is 0 Å². The average Bonchev–Trinajstić information content (AvgIpc) is 2.02. The SMILES string of the molecule is Nc1nc2c(c(=O)[nH]1)N=CC(O)N2. The van der Waals surface area contributed by atoms with Crippen LogP contribution >= 0.6 is 0 Å². The molecule has 7 nitrogen and oxygen atoms in total. The first-order chi connectivity index (χ1) is 6.16. The molecule has 0 amide bonds. The van der Waals surface area contributed by atoms with Crippen molar-refractivity contribution in [1.82, 2.24) is 9.97 Å². The topological polar surface area (TPSA) is 116 Å². The van der Waals surface area contributed by atoms with Crippen molar-refractivity contribution in [3.05, 3.63) is 10.4 Å². The minimum atomic E-state index is -0.929. The van der Waals surface area contributed by atoms with Gasteiger partial charge in [-0.3, -0.25) is 9.78 Å². The van der Waals surface area contributed by atoms with Crippen LogP contribution in [0.5, 0.6) is 0 Å². The highest BCUT2D eigenvalue weighted by Crippen LogP contribution is 2.20. The Hall–Kier alpha value is -1.89. The summed E-state index contributed by atoms with van der Waals surface area (Å²) in [6.07, 6.45) is 0.274. The third kappa shape index (κ3) is 1.25. The molecule has 68 valence electrons. The number of fused-ring (bicyclic) bond motifs is 1. The summed E-state index contributed by atoms with van der Waals surface area (Å²) in [6, 6.07) is 0. The number of aromatic nitrogens is 2. The number of aliphatic imine (C=N–C) groups is 1. The Morgan fingerprint density at radius 3 is 3.15 bits per heavy atom. The van der Waals surface area contributed by atoms with Gasteiger partial charge in [-0.1, -0.05) is 0 Å². The molecule has 2 rings (SSSR count). The molecule has 0 spiro atoms. The molecule has 5 N–H and O–H groups in total. The third-order valence-corrected chi connectivity index (χ3v) is 1.54. The van der Waals surface area contributed by atoms with Crippen LogP contribution in [-0.2, 0) is 0 Å². The first-order valence-electron chi connectivity index (χ1n) is 3.55. The Kier molecular flexibility index (Phi) is 1.52. The van der Waals surface area contributed by atoms with Crippen LogP contribution in [0.15, 0.2) is 9.79 Å². The molecule has 1 aliphatic rings. The fourth-order valence-corrected chi connectivity index (χ4v) is 1.03. The van der Waals surface area contributed by atoms with Crippen LogP contribution in [0.25, 0.3) is 0 Å². The van der Waals surface area contributed by atoms with Crippen molar-refractivity contribution in [1.29, 1.82) is 0 Å². The summed E-state index contributed by atoms with van der Waals surface area (Å²) in [5.41, 5.74) is 4.98. The number of hydrogen-bond donors (Lipinski definition) is 4. The lowest BCUT2D eigenvalue weighted by Gasteiger charge is -2.14. The van der Waals surface area contributed by atoms with E-state index < -0.39 is 11.8 Å². The number of nitrogen functional groups attached to an aromatic ring is 1. The quantitative estimate of drug-likeness (QED) is 0.401. The number of nitrogens with one attached hydrogen (secondary N) is 2. The van der Waals surface area contributed by atoms with Gasteiger partial charge < -0.3 is 16.2 Å². The van der Waals surface area contributed by atoms with Crippen LogP contribution in [0.3, 0.4) is 0 Å². The normalized spacial score (nSPS) is 19.3. The molecule has 0 saturated heterocycles. The van der Waals surface area contributed by atoms with Crippen LogP contribution in [0.1, 0.15) is 0 Å². The van der Waals surface area contributed by atoms with Crippen molar-refractivity contribution in [2.24, 2.45) is 4.99 Å². The number of nitrogens with two attached hydrogens (primary N) is 1. The maximum Gasteiger partial charge on any atom is 0.280 e. The van der Waals surface area contributed by atoms with Gasteiger partial charge >= 0.3 is 0 Å². The molecular formula is C6H7N5O2. The van der Waals surface area contributed by atoms with E-state index in [0.717, 1.165) is 0 Å². The Balaban J connectivity index is 2.63. The first-order valence-corrected chi connectivity index (χ1v) is 3.55. The Morgan fingerprint density at radius 1 is 1.62 bits per heavy atom. The molecule has 1 atom stereocenters. The first kappa shape index (κ1) is 7.74. The predicted octanol–water partition coefficient (Wildman–Crippen LogP) is -1.20. The second kappa shape index (κ2) is 2.56. The van der Waals surface area contributed by atoms with E-state index in [4.69, 9.17) is 10.8 Å². The fourth-order valence-electron chi connectivity index (χ4n) is 1.03. The van der Waals surface area contributed by atoms with E-state index in [-0.39, 0.29) is 17.5 Å². The minimum absolute atomic E-state index is 0.0134. The summed E-state index contributed by atoms with van der Waals surface area (Å²) in [6.45, 7) is 0. The van der Waals surface area contributed by atoms with Gasteiger partial charge in [0.05, 0.1) is 6.21 Å². The van der Waals surface area contributed by atoms with Crippen molar-refractivity contribution in [3.8, 4) is 0 Å². The molecule has 1 unspecified atom stereocenters. The summed E-state index contributed by atoms with van der Waals surface area (Å²) in [5.74, 6) is 0.178. The van der Waals surface area contributed by atoms with Gasteiger partial charge in [-0.05, 0) is 0 Å². The maximum absolute atomic E-state index is 11.2. The summed E-state index contributed by atoms with van der Waals surface area (Å²) < 4.78 is 0. The zero-order valence-corrected chi connectivity index (χ0v) is 6.48. The van der Waals surface area contributed by atoms with E-state index in [9.17, 15) is 4.79 Å². The number of nitrogens with zero attached hydrogens (tertiary/aromatic N) is 2. The zero-order chi connectivity index (χ0) is 9.42. The number of aliphatic hydroxyl groups is 1. The highest BCUT2D eigenvalue weighted by atomic mass is 16.3. The number of hydrogen-bond acceptors (Lipinski definition) is 6. The number of rotatable bonds is 0. The molecule has 0 fully saturated rings. The van der Waals surface area contributed by atoms with Crippen LogP contribution in [0.4, 0.5) is 17.5 Å². The zero-order valence-electron chi connectivity index (χ0n) is 6.48. The second-order valence-electron chi connectivity index (χ2n) is 2.52. The van der Waals surface area contributed by atoms with Crippen LogP contribution in [-0.4, -0.2) is 27.5 Å². The molecule has 0 aliphatic carbocycles. The van der Waals surface area contributed by atoms with Crippen molar-refractivity contribution >= 4 is 23.7 Å². The van der Waals surface area contributed by atoms with Crippen molar-refractivity contribution < 1.29 is 5.11 Å². The standard InChI is InChI=1S/C6H7N5O2/c7-6-10-4-3(5(13)11-6)8-1-2(12)9-4/h1-2,12H,(H4,7,9,10,11,13). The summed E-state index contributed by atoms with van der Waals surface area (Å²) in [7, 11) is 0. The van der Waals surface area contributed by atoms with E-state index in [1.807, 2.05) is 0 Å². The lowest BCUT2D eigenvalue weighted by Crippen LogP contribution is -2.26. The van der Waals surface area contributed by atoms with Gasteiger partial charge in [0.1, 0.15) is 0 Å². The summed E-state index contributed by atoms with van der Waals surface area (Å²) >= 11 is 0. The average molecular weight is 181 g/mol. The highest BCUT2D eigenvalue weighted by Gasteiger charge is 2.15. The molecule has 1 aromatic heterocycles. The van der Waals surface area contributed by atoms with E-state index in [2.05, 4.69) is 20.3 Å². The molecule has 7 heteroatoms. The molecule has 13 heavy (non-hydrogen) atoms. The third-order valence-electron chi connectivity index (χ3n) is 1.54. The second-order valence-corrected chi connectivity index (χ2v) is 2.52. The Labute approximate surface area is 72.3 Å². The van der Waals surface area contributed by atoms with Gasteiger partial charge in [-0.25, -0.2) is 4.99 Å². The number of anilines is 2. The molecule has 2 heterocycles. The van der Waals surface area contributed by atoms with Crippen molar-refractivity contribution in [2.45, 2.75) is 6.23 Å². The smallest absolute Gasteiger partial charge is 0.280 e. The van der Waals surface area contributed by atoms with Gasteiger partial charge in [0.15, 0.2) is 17.7 Å². The summed E-state index contributed by atoms with van der Waals surface area (Å²) in [4.78, 5) is 20.9. The van der Waals surface area contributed by atoms with Crippen LogP contribution in [0.2, 0.25) is 0 Å². The molecule has 0 saturated carbocycles. The molecule has 0 radical (unpaired) electrons. The summed E-state index contributed by atoms with van der Waals surface area (Å²) in [5, 5.41) is 11.6. The lowest BCUT2D eigenvalue weighted by molar-refractivity contribution is 0.273. The van der Waals surface area contributed by atoms with E-state index in [1.54, 1.807) is 0 Å². The van der Waals surface area contributed by atoms with Gasteiger partial charge in [0.25, 0.3) is 5.56 Å². The number of aliphatic hydroxyl groups excluding tert-OH is 1. The van der Waals surface area contributed by atoms with E-state index in [0.29, 0.717) is 0 Å². The maximum atomic E-state index is 11.2. The Morgan fingerprint density at radius 2 is 2.38 bits per heavy atom. The number of H-pyrrole nitrogens is 1. The van der Waals surface area contributed by atoms with Gasteiger partial charge in [-0.15, -0.1) is 0 Å². The van der Waals surface area contributed by atoms with E-state index in [1.165, 1.54) is 6.21 Å². The fraction of sp³-hybridized carbons (Fsp3) is 0.167. The molecule has 0 aromatic carbocycles. The predicted molar refractivity (Wildman–Crippen MR) is 47.1 cm³/mol. The number of aromatic amines is 1. The van der Waals surface area contributed by atoms with Gasteiger partial charge in [0.2, 0.25) is 5.95 Å². The van der Waals surface area contributed by atoms with Crippen LogP contribution < -0.4 is 16.6 Å². The van der Waals surface area contributed by atoms with Gasteiger partial charge in [-0.2, -0.15) is 4.98 Å². The molecule has 0 bridgehead atoms. The lowest BCUT2D eigenvalue weighted by atomic mass is 10.4. The molecule has 1 aromatic rings. The Bertz CT molecular complexity index is 424. The minimum Gasteiger partial charge on any atom is -0.369 e. The van der Waals surface area contributed by atoms with E-state index >= 15 is 0 Å². The molecular weight excluding hydrogens is 174 g/mol. The van der Waals surface area contributed by atoms with Crippen molar-refractivity contribution in [3.63, 3.8) is 0 Å². The highest BCUT2D eigenvalue weighted by molar-refractivity contribution is 5.79. The van der Waals surface area contributed by atoms with Crippen LogP contribution in [0, 0.1) is 0 Å². The molecule has 1 aliphatic heterocycles. The van der Waals surface area contributed by atoms with Crippen molar-refractivity contribution in [2.75, 3.05) is 11.1 Å². The largest absolute Gasteiger partial charge is 0.369 e.